The number of ether oxygens (including phenoxy) is 1. The Bertz CT molecular complexity index is 676. The first-order valence-corrected chi connectivity index (χ1v) is 9.36. The molecule has 2 atom stereocenters. The normalized spacial score (nSPS) is 13.3. The lowest BCUT2D eigenvalue weighted by atomic mass is 10.1. The summed E-state index contributed by atoms with van der Waals surface area (Å²) in [5.74, 6) is 1.16. The van der Waals surface area contributed by atoms with Crippen LogP contribution in [0.15, 0.2) is 54.6 Å². The minimum absolute atomic E-state index is 0.0789. The number of para-hydroxylation sites is 2. The number of anilines is 1. The van der Waals surface area contributed by atoms with Crippen molar-refractivity contribution in [3.8, 4) is 5.75 Å². The van der Waals surface area contributed by atoms with Gasteiger partial charge in [0.15, 0.2) is 0 Å². The van der Waals surface area contributed by atoms with E-state index in [0.717, 1.165) is 5.56 Å². The van der Waals surface area contributed by atoms with Gasteiger partial charge in [0, 0.05) is 5.75 Å². The molecule has 0 aliphatic carbocycles. The van der Waals surface area contributed by atoms with Gasteiger partial charge in [-0.15, -0.1) is 11.8 Å². The fourth-order valence-electron chi connectivity index (χ4n) is 2.49. The van der Waals surface area contributed by atoms with Gasteiger partial charge in [0.2, 0.25) is 5.91 Å². The van der Waals surface area contributed by atoms with Gasteiger partial charge in [0.1, 0.15) is 5.75 Å². The van der Waals surface area contributed by atoms with Crippen LogP contribution < -0.4 is 10.1 Å². The molecule has 1 amide bonds. The Morgan fingerprint density at radius 3 is 2.40 bits per heavy atom. The minimum atomic E-state index is -0.591. The maximum absolute atomic E-state index is 12.7. The van der Waals surface area contributed by atoms with Crippen LogP contribution in [0.4, 0.5) is 5.69 Å². The van der Waals surface area contributed by atoms with Crippen molar-refractivity contribution in [2.75, 3.05) is 18.2 Å². The van der Waals surface area contributed by atoms with Crippen LogP contribution in [0.25, 0.3) is 0 Å². The molecular weight excluding hydrogens is 334 g/mol. The first kappa shape index (κ1) is 19.3. The summed E-state index contributed by atoms with van der Waals surface area (Å²) in [7, 11) is 1.58. The molecule has 0 saturated carbocycles. The van der Waals surface area contributed by atoms with E-state index < -0.39 is 6.10 Å². The van der Waals surface area contributed by atoms with Gasteiger partial charge in [-0.1, -0.05) is 56.3 Å². The Hall–Kier alpha value is -1.98. The summed E-state index contributed by atoms with van der Waals surface area (Å²) in [5.41, 5.74) is 1.52. The molecule has 0 heterocycles. The number of benzene rings is 2. The summed E-state index contributed by atoms with van der Waals surface area (Å²) < 4.78 is 5.28. The number of methoxy groups -OCH3 is 1. The highest BCUT2D eigenvalue weighted by Crippen LogP contribution is 2.29. The number of carbonyl (C=O) groups is 1. The highest BCUT2D eigenvalue weighted by Gasteiger charge is 2.25. The van der Waals surface area contributed by atoms with Crippen molar-refractivity contribution in [3.63, 3.8) is 0 Å². The summed E-state index contributed by atoms with van der Waals surface area (Å²) >= 11 is 1.47. The van der Waals surface area contributed by atoms with Gasteiger partial charge in [-0.3, -0.25) is 4.79 Å². The van der Waals surface area contributed by atoms with Crippen LogP contribution in [-0.4, -0.2) is 29.1 Å². The zero-order valence-electron chi connectivity index (χ0n) is 14.8. The largest absolute Gasteiger partial charge is 0.495 e. The van der Waals surface area contributed by atoms with Gasteiger partial charge in [0.25, 0.3) is 0 Å². The molecule has 0 saturated heterocycles. The maximum Gasteiger partial charge on any atom is 0.237 e. The molecule has 0 bridgehead atoms. The Morgan fingerprint density at radius 1 is 1.12 bits per heavy atom. The van der Waals surface area contributed by atoms with E-state index in [-0.39, 0.29) is 17.1 Å². The van der Waals surface area contributed by atoms with Crippen LogP contribution in [0, 0.1) is 5.92 Å². The van der Waals surface area contributed by atoms with E-state index in [1.165, 1.54) is 11.8 Å². The Labute approximate surface area is 153 Å². The molecule has 0 aliphatic heterocycles. The smallest absolute Gasteiger partial charge is 0.237 e. The van der Waals surface area contributed by atoms with Crippen molar-refractivity contribution < 1.29 is 14.6 Å². The third-order valence-electron chi connectivity index (χ3n) is 3.85. The Morgan fingerprint density at radius 2 is 1.76 bits per heavy atom. The molecule has 2 aromatic rings. The van der Waals surface area contributed by atoms with Crippen LogP contribution in [-0.2, 0) is 4.79 Å². The number of hydrogen-bond donors (Lipinski definition) is 2. The highest BCUT2D eigenvalue weighted by molar-refractivity contribution is 8.00. The molecule has 2 aromatic carbocycles. The van der Waals surface area contributed by atoms with Crippen LogP contribution in [0.5, 0.6) is 5.75 Å². The van der Waals surface area contributed by atoms with Gasteiger partial charge in [0.05, 0.1) is 24.2 Å². The summed E-state index contributed by atoms with van der Waals surface area (Å²) in [6.45, 7) is 4.02. The average Bonchev–Trinajstić information content (AvgIpc) is 2.62. The van der Waals surface area contributed by atoms with E-state index in [9.17, 15) is 9.90 Å². The number of thioether (sulfide) groups is 1. The highest BCUT2D eigenvalue weighted by atomic mass is 32.2. The van der Waals surface area contributed by atoms with Crippen molar-refractivity contribution in [1.82, 2.24) is 0 Å². The number of nitrogens with one attached hydrogen (secondary N) is 1. The van der Waals surface area contributed by atoms with Gasteiger partial charge in [-0.2, -0.15) is 0 Å². The molecule has 134 valence electrons. The quantitative estimate of drug-likeness (QED) is 0.744. The van der Waals surface area contributed by atoms with E-state index in [0.29, 0.717) is 17.2 Å². The molecule has 25 heavy (non-hydrogen) atoms. The lowest BCUT2D eigenvalue weighted by Crippen LogP contribution is -2.30. The van der Waals surface area contributed by atoms with Crippen molar-refractivity contribution in [2.24, 2.45) is 5.92 Å². The number of aliphatic hydroxyl groups excluding tert-OH is 1. The molecule has 2 N–H and O–H groups in total. The number of amides is 1. The SMILES string of the molecule is COc1ccccc1NC(=O)C(SCC(O)c1ccccc1)C(C)C. The van der Waals surface area contributed by atoms with Gasteiger partial charge in [-0.05, 0) is 23.6 Å². The van der Waals surface area contributed by atoms with E-state index in [1.54, 1.807) is 7.11 Å². The molecule has 0 radical (unpaired) electrons. The predicted molar refractivity (Wildman–Crippen MR) is 104 cm³/mol. The first-order chi connectivity index (χ1) is 12.0. The fourth-order valence-corrected chi connectivity index (χ4v) is 3.67. The summed E-state index contributed by atoms with van der Waals surface area (Å²) in [5, 5.41) is 13.0. The van der Waals surface area contributed by atoms with E-state index >= 15 is 0 Å². The van der Waals surface area contributed by atoms with Gasteiger partial charge in [-0.25, -0.2) is 0 Å². The van der Waals surface area contributed by atoms with Crippen LogP contribution >= 0.6 is 11.8 Å². The summed E-state index contributed by atoms with van der Waals surface area (Å²) in [4.78, 5) is 12.7. The van der Waals surface area contributed by atoms with E-state index in [1.807, 2.05) is 68.4 Å². The molecular formula is C20H25NO3S. The summed E-state index contributed by atoms with van der Waals surface area (Å²) in [6.07, 6.45) is -0.591. The van der Waals surface area contributed by atoms with Crippen molar-refractivity contribution in [1.29, 1.82) is 0 Å². The molecule has 0 fully saturated rings. The lowest BCUT2D eigenvalue weighted by Gasteiger charge is -2.22. The average molecular weight is 359 g/mol. The first-order valence-electron chi connectivity index (χ1n) is 8.31. The topological polar surface area (TPSA) is 58.6 Å². The van der Waals surface area contributed by atoms with Crippen LogP contribution in [0.1, 0.15) is 25.5 Å². The van der Waals surface area contributed by atoms with Crippen molar-refractivity contribution in [2.45, 2.75) is 25.2 Å². The number of carbonyl (C=O) groups excluding carboxylic acids is 1. The second-order valence-corrected chi connectivity index (χ2v) is 7.29. The third kappa shape index (κ3) is 5.51. The molecule has 5 heteroatoms. The van der Waals surface area contributed by atoms with E-state index in [2.05, 4.69) is 5.32 Å². The standard InChI is InChI=1S/C20H25NO3S/c1-14(2)19(25-13-17(22)15-9-5-4-6-10-15)20(23)21-16-11-7-8-12-18(16)24-3/h4-12,14,17,19,22H,13H2,1-3H3,(H,21,23). The van der Waals surface area contributed by atoms with E-state index in [4.69, 9.17) is 4.74 Å². The summed E-state index contributed by atoms with van der Waals surface area (Å²) in [6, 6.07) is 16.9. The third-order valence-corrected chi connectivity index (χ3v) is 5.47. The number of aliphatic hydroxyl groups is 1. The number of hydrogen-bond acceptors (Lipinski definition) is 4. The molecule has 4 nitrogen and oxygen atoms in total. The second kappa shape index (κ2) is 9.49. The van der Waals surface area contributed by atoms with Gasteiger partial charge < -0.3 is 15.2 Å². The van der Waals surface area contributed by atoms with Crippen LogP contribution in [0.3, 0.4) is 0 Å². The lowest BCUT2D eigenvalue weighted by molar-refractivity contribution is -0.116. The molecule has 2 rings (SSSR count). The Balaban J connectivity index is 2.01. The predicted octanol–water partition coefficient (Wildman–Crippen LogP) is 4.13. The Kier molecular flexibility index (Phi) is 7.34. The van der Waals surface area contributed by atoms with Gasteiger partial charge >= 0.3 is 0 Å². The van der Waals surface area contributed by atoms with Crippen molar-refractivity contribution >= 4 is 23.4 Å². The zero-order chi connectivity index (χ0) is 18.2. The van der Waals surface area contributed by atoms with Crippen LogP contribution in [0.2, 0.25) is 0 Å². The minimum Gasteiger partial charge on any atom is -0.495 e. The second-order valence-electron chi connectivity index (χ2n) is 6.11. The zero-order valence-corrected chi connectivity index (χ0v) is 15.6. The fraction of sp³-hybridized carbons (Fsp3) is 0.350. The molecule has 0 aliphatic rings. The van der Waals surface area contributed by atoms with Crippen molar-refractivity contribution in [3.05, 3.63) is 60.2 Å². The number of rotatable bonds is 8. The monoisotopic (exact) mass is 359 g/mol. The molecule has 2 unspecified atom stereocenters. The molecule has 0 spiro atoms. The molecule has 0 aromatic heterocycles. The maximum atomic E-state index is 12.7.